The lowest BCUT2D eigenvalue weighted by Gasteiger charge is -2.40. The topological polar surface area (TPSA) is 120 Å². The first-order valence-corrected chi connectivity index (χ1v) is 10.4. The number of hydrogen-bond donors (Lipinski definition) is 2. The van der Waals surface area contributed by atoms with Crippen molar-refractivity contribution in [3.63, 3.8) is 0 Å². The molecule has 0 bridgehead atoms. The number of aromatic nitrogens is 2. The zero-order valence-corrected chi connectivity index (χ0v) is 18.0. The zero-order valence-electron chi connectivity index (χ0n) is 18.0. The lowest BCUT2D eigenvalue weighted by molar-refractivity contribution is -0.162. The first kappa shape index (κ1) is 22.2. The molecule has 1 aliphatic heterocycles. The molecular formula is C24H23N5O4. The van der Waals surface area contributed by atoms with Crippen LogP contribution < -0.4 is 5.32 Å². The number of amides is 2. The van der Waals surface area contributed by atoms with E-state index in [2.05, 4.69) is 10.3 Å². The quantitative estimate of drug-likeness (QED) is 0.599. The number of carbonyl (C=O) groups excluding carboxylic acids is 2. The molecule has 2 heterocycles. The normalized spacial score (nSPS) is 18.1. The molecule has 168 valence electrons. The molecule has 0 saturated carbocycles. The Morgan fingerprint density at radius 1 is 1.24 bits per heavy atom. The largest absolute Gasteiger partial charge is 0.394 e. The monoisotopic (exact) mass is 445 g/mol. The lowest BCUT2D eigenvalue weighted by Crippen LogP contribution is -2.52. The van der Waals surface area contributed by atoms with E-state index in [4.69, 9.17) is 10.00 Å². The number of imidazole rings is 1. The summed E-state index contributed by atoms with van der Waals surface area (Å²) in [6, 6.07) is 14.9. The van der Waals surface area contributed by atoms with Crippen molar-refractivity contribution in [2.24, 2.45) is 7.05 Å². The Balaban J connectivity index is 1.47. The van der Waals surface area contributed by atoms with E-state index in [1.54, 1.807) is 65.8 Å². The highest BCUT2D eigenvalue weighted by Crippen LogP contribution is 2.30. The first-order valence-electron chi connectivity index (χ1n) is 10.4. The van der Waals surface area contributed by atoms with Gasteiger partial charge in [-0.3, -0.25) is 9.59 Å². The van der Waals surface area contributed by atoms with Crippen molar-refractivity contribution < 1.29 is 19.4 Å². The molecule has 0 radical (unpaired) electrons. The average Bonchev–Trinajstić information content (AvgIpc) is 3.25. The number of carbonyl (C=O) groups is 2. The van der Waals surface area contributed by atoms with Crippen LogP contribution in [0.4, 0.5) is 5.69 Å². The molecule has 0 aliphatic carbocycles. The second-order valence-corrected chi connectivity index (χ2v) is 7.72. The maximum absolute atomic E-state index is 12.5. The van der Waals surface area contributed by atoms with E-state index >= 15 is 0 Å². The Hall–Kier alpha value is -4.00. The van der Waals surface area contributed by atoms with Crippen LogP contribution in [0, 0.1) is 11.3 Å². The van der Waals surface area contributed by atoms with Gasteiger partial charge in [-0.05, 0) is 42.0 Å². The van der Waals surface area contributed by atoms with Crippen molar-refractivity contribution in [1.82, 2.24) is 14.5 Å². The molecule has 4 rings (SSSR count). The molecule has 9 heteroatoms. The standard InChI is InChI=1S/C24H23N5O4/c1-28-11-10-26-21(28)13-29-20(14-30)23(33-15-22(29)31)17-6-8-19(9-7-17)27-24(32)18-4-2-16(12-25)3-5-18/h2-11,20,23,30H,13-15H2,1H3,(H,27,32)/t20-,23-/m1/s1. The van der Waals surface area contributed by atoms with E-state index in [0.717, 1.165) is 5.56 Å². The summed E-state index contributed by atoms with van der Waals surface area (Å²) in [6.45, 7) is -0.0903. The number of rotatable bonds is 6. The molecule has 1 fully saturated rings. The fraction of sp³-hybridized carbons (Fsp3) is 0.250. The van der Waals surface area contributed by atoms with Gasteiger partial charge >= 0.3 is 0 Å². The van der Waals surface area contributed by atoms with E-state index in [1.165, 1.54) is 0 Å². The highest BCUT2D eigenvalue weighted by Gasteiger charge is 2.37. The fourth-order valence-electron chi connectivity index (χ4n) is 3.78. The van der Waals surface area contributed by atoms with Crippen LogP contribution in [0.1, 0.15) is 33.4 Å². The van der Waals surface area contributed by atoms with Crippen LogP contribution in [0.3, 0.4) is 0 Å². The van der Waals surface area contributed by atoms with E-state index in [1.807, 2.05) is 17.7 Å². The number of nitrogens with zero attached hydrogens (tertiary/aromatic N) is 4. The summed E-state index contributed by atoms with van der Waals surface area (Å²) in [5, 5.41) is 21.8. The number of anilines is 1. The molecule has 2 atom stereocenters. The number of nitrogens with one attached hydrogen (secondary N) is 1. The van der Waals surface area contributed by atoms with E-state index in [0.29, 0.717) is 22.6 Å². The third-order valence-corrected chi connectivity index (χ3v) is 5.65. The summed E-state index contributed by atoms with van der Waals surface area (Å²) < 4.78 is 7.61. The number of nitriles is 1. The van der Waals surface area contributed by atoms with E-state index in [-0.39, 0.29) is 31.6 Å². The second-order valence-electron chi connectivity index (χ2n) is 7.72. The number of aryl methyl sites for hydroxylation is 1. The van der Waals surface area contributed by atoms with Crippen molar-refractivity contribution in [3.8, 4) is 6.07 Å². The van der Waals surface area contributed by atoms with Crippen molar-refractivity contribution in [1.29, 1.82) is 5.26 Å². The predicted molar refractivity (Wildman–Crippen MR) is 119 cm³/mol. The summed E-state index contributed by atoms with van der Waals surface area (Å²) in [5.74, 6) is 0.212. The van der Waals surface area contributed by atoms with Gasteiger partial charge < -0.3 is 24.6 Å². The van der Waals surface area contributed by atoms with Crippen molar-refractivity contribution in [2.45, 2.75) is 18.7 Å². The van der Waals surface area contributed by atoms with Gasteiger partial charge in [0.1, 0.15) is 18.5 Å². The van der Waals surface area contributed by atoms with Gasteiger partial charge in [0.2, 0.25) is 5.91 Å². The minimum Gasteiger partial charge on any atom is -0.394 e. The van der Waals surface area contributed by atoms with E-state index in [9.17, 15) is 14.7 Å². The molecule has 2 aromatic carbocycles. The minimum atomic E-state index is -0.568. The number of benzene rings is 2. The first-order chi connectivity index (χ1) is 16.0. The van der Waals surface area contributed by atoms with Crippen molar-refractivity contribution in [3.05, 3.63) is 83.4 Å². The Kier molecular flexibility index (Phi) is 6.49. The van der Waals surface area contributed by atoms with Crippen LogP contribution in [0.15, 0.2) is 60.9 Å². The number of morpholine rings is 1. The summed E-state index contributed by atoms with van der Waals surface area (Å²) in [4.78, 5) is 30.8. The van der Waals surface area contributed by atoms with Gasteiger partial charge in [-0.15, -0.1) is 0 Å². The molecule has 1 aromatic heterocycles. The van der Waals surface area contributed by atoms with Crippen LogP contribution in [-0.4, -0.2) is 50.6 Å². The molecule has 2 N–H and O–H groups in total. The third-order valence-electron chi connectivity index (χ3n) is 5.65. The average molecular weight is 445 g/mol. The van der Waals surface area contributed by atoms with Crippen molar-refractivity contribution in [2.75, 3.05) is 18.5 Å². The second kappa shape index (κ2) is 9.65. The Morgan fingerprint density at radius 2 is 1.97 bits per heavy atom. The molecule has 0 unspecified atom stereocenters. The van der Waals surface area contributed by atoms with Crippen molar-refractivity contribution >= 4 is 17.5 Å². The van der Waals surface area contributed by atoms with Gasteiger partial charge in [-0.25, -0.2) is 4.98 Å². The van der Waals surface area contributed by atoms with Crippen LogP contribution in [0.2, 0.25) is 0 Å². The maximum Gasteiger partial charge on any atom is 0.255 e. The fourth-order valence-corrected chi connectivity index (χ4v) is 3.78. The van der Waals surface area contributed by atoms with Gasteiger partial charge in [0.25, 0.3) is 5.91 Å². The third kappa shape index (κ3) is 4.77. The number of hydrogen-bond acceptors (Lipinski definition) is 6. The smallest absolute Gasteiger partial charge is 0.255 e. The predicted octanol–water partition coefficient (Wildman–Crippen LogP) is 2.01. The Morgan fingerprint density at radius 3 is 2.58 bits per heavy atom. The molecule has 1 aliphatic rings. The summed E-state index contributed by atoms with van der Waals surface area (Å²) in [5.41, 5.74) is 2.29. The molecule has 9 nitrogen and oxygen atoms in total. The Labute approximate surface area is 190 Å². The van der Waals surface area contributed by atoms with Gasteiger partial charge in [0.15, 0.2) is 0 Å². The molecule has 0 spiro atoms. The summed E-state index contributed by atoms with van der Waals surface area (Å²) in [7, 11) is 1.85. The van der Waals surface area contributed by atoms with Crippen LogP contribution in [-0.2, 0) is 23.1 Å². The molecule has 1 saturated heterocycles. The van der Waals surface area contributed by atoms with E-state index < -0.39 is 12.1 Å². The molecule has 3 aromatic rings. The molecular weight excluding hydrogens is 422 g/mol. The summed E-state index contributed by atoms with van der Waals surface area (Å²) >= 11 is 0. The Bertz CT molecular complexity index is 1180. The number of aliphatic hydroxyl groups excluding tert-OH is 1. The van der Waals surface area contributed by atoms with Gasteiger partial charge in [0, 0.05) is 30.7 Å². The zero-order chi connectivity index (χ0) is 23.4. The summed E-state index contributed by atoms with van der Waals surface area (Å²) in [6.07, 6.45) is 2.95. The molecule has 33 heavy (non-hydrogen) atoms. The highest BCUT2D eigenvalue weighted by atomic mass is 16.5. The minimum absolute atomic E-state index is 0.0945. The lowest BCUT2D eigenvalue weighted by atomic mass is 9.99. The van der Waals surface area contributed by atoms with Crippen LogP contribution in [0.25, 0.3) is 0 Å². The number of ether oxygens (including phenoxy) is 1. The van der Waals surface area contributed by atoms with Crippen LogP contribution in [0.5, 0.6) is 0 Å². The van der Waals surface area contributed by atoms with Crippen LogP contribution >= 0.6 is 0 Å². The SMILES string of the molecule is Cn1ccnc1CN1C(=O)CO[C@H](c2ccc(NC(=O)c3ccc(C#N)cc3)cc2)[C@H]1CO. The number of aliphatic hydroxyl groups is 1. The molecule has 2 amide bonds. The van der Waals surface area contributed by atoms with Gasteiger partial charge in [-0.1, -0.05) is 12.1 Å². The maximum atomic E-state index is 12.5. The highest BCUT2D eigenvalue weighted by molar-refractivity contribution is 6.04. The van der Waals surface area contributed by atoms with Gasteiger partial charge in [-0.2, -0.15) is 5.26 Å². The van der Waals surface area contributed by atoms with Gasteiger partial charge in [0.05, 0.1) is 30.8 Å².